The number of rotatable bonds is 6. The van der Waals surface area contributed by atoms with E-state index in [0.717, 1.165) is 0 Å². The van der Waals surface area contributed by atoms with Crippen LogP contribution in [0, 0.1) is 5.92 Å². The Kier molecular flexibility index (Phi) is 4.35. The molecule has 0 unspecified atom stereocenters. The zero-order valence-corrected chi connectivity index (χ0v) is 14.6. The predicted molar refractivity (Wildman–Crippen MR) is 92.3 cm³/mol. The van der Waals surface area contributed by atoms with E-state index in [0.29, 0.717) is 30.0 Å². The van der Waals surface area contributed by atoms with Gasteiger partial charge in [0.05, 0.1) is 17.8 Å². The minimum atomic E-state index is -3.89. The zero-order valence-electron chi connectivity index (χ0n) is 13.7. The summed E-state index contributed by atoms with van der Waals surface area (Å²) in [5.41, 5.74) is 1.21. The summed E-state index contributed by atoms with van der Waals surface area (Å²) in [6.07, 6.45) is 3.84. The number of aromatic nitrogens is 3. The highest BCUT2D eigenvalue weighted by atomic mass is 32.2. The fourth-order valence-electron chi connectivity index (χ4n) is 3.09. The fourth-order valence-corrected chi connectivity index (χ4v) is 4.30. The first-order valence-corrected chi connectivity index (χ1v) is 9.72. The van der Waals surface area contributed by atoms with Gasteiger partial charge in [0, 0.05) is 12.4 Å². The van der Waals surface area contributed by atoms with Gasteiger partial charge < -0.3 is 9.52 Å². The molecule has 3 aromatic rings. The highest BCUT2D eigenvalue weighted by molar-refractivity contribution is 7.89. The molecule has 1 fully saturated rings. The van der Waals surface area contributed by atoms with Crippen LogP contribution < -0.4 is 4.72 Å². The monoisotopic (exact) mass is 374 g/mol. The van der Waals surface area contributed by atoms with Gasteiger partial charge in [-0.3, -0.25) is 10.1 Å². The maximum absolute atomic E-state index is 12.8. The van der Waals surface area contributed by atoms with Crippen LogP contribution in [0.5, 0.6) is 0 Å². The minimum Gasteiger partial charge on any atom is -0.442 e. The third-order valence-electron chi connectivity index (χ3n) is 4.52. The van der Waals surface area contributed by atoms with E-state index in [9.17, 15) is 13.5 Å². The summed E-state index contributed by atoms with van der Waals surface area (Å²) in [6, 6.07) is 9.50. The Hall–Kier alpha value is -2.49. The van der Waals surface area contributed by atoms with Crippen LogP contribution in [0.4, 0.5) is 0 Å². The van der Waals surface area contributed by atoms with Gasteiger partial charge in [-0.15, -0.1) is 0 Å². The molecule has 0 spiro atoms. The number of aliphatic hydroxyl groups is 1. The molecule has 1 atom stereocenters. The Labute approximate surface area is 150 Å². The topological polar surface area (TPSA) is 121 Å². The number of hydrogen-bond acceptors (Lipinski definition) is 6. The molecular weight excluding hydrogens is 356 g/mol. The average molecular weight is 374 g/mol. The quantitative estimate of drug-likeness (QED) is 0.605. The van der Waals surface area contributed by atoms with Crippen molar-refractivity contribution in [2.45, 2.75) is 30.1 Å². The molecule has 0 aliphatic heterocycles. The molecule has 9 heteroatoms. The van der Waals surface area contributed by atoms with Crippen molar-refractivity contribution in [1.29, 1.82) is 0 Å². The van der Waals surface area contributed by atoms with Crippen molar-refractivity contribution in [2.24, 2.45) is 5.92 Å². The first-order chi connectivity index (χ1) is 12.5. The van der Waals surface area contributed by atoms with E-state index in [4.69, 9.17) is 4.42 Å². The highest BCUT2D eigenvalue weighted by Gasteiger charge is 2.38. The molecule has 3 heterocycles. The molecule has 136 valence electrons. The lowest BCUT2D eigenvalue weighted by Gasteiger charge is -2.37. The van der Waals surface area contributed by atoms with Crippen molar-refractivity contribution in [3.63, 3.8) is 0 Å². The molecule has 3 N–H and O–H groups in total. The summed E-state index contributed by atoms with van der Waals surface area (Å²) in [7, 11) is -3.89. The molecule has 8 nitrogen and oxygen atoms in total. The molecule has 0 aromatic carbocycles. The van der Waals surface area contributed by atoms with Gasteiger partial charge in [0.2, 0.25) is 5.09 Å². The van der Waals surface area contributed by atoms with E-state index in [1.54, 1.807) is 36.7 Å². The maximum atomic E-state index is 12.8. The molecule has 1 aliphatic carbocycles. The van der Waals surface area contributed by atoms with Crippen LogP contribution in [0.2, 0.25) is 0 Å². The normalized spacial score (nSPS) is 21.3. The molecule has 0 amide bonds. The van der Waals surface area contributed by atoms with Crippen LogP contribution in [0.3, 0.4) is 0 Å². The van der Waals surface area contributed by atoms with Crippen LogP contribution in [-0.2, 0) is 10.0 Å². The van der Waals surface area contributed by atoms with Gasteiger partial charge in [-0.25, -0.2) is 8.42 Å². The third kappa shape index (κ3) is 3.28. The summed E-state index contributed by atoms with van der Waals surface area (Å²) in [6.45, 7) is 0. The van der Waals surface area contributed by atoms with Gasteiger partial charge in [-0.2, -0.15) is 9.82 Å². The molecule has 4 rings (SSSR count). The summed E-state index contributed by atoms with van der Waals surface area (Å²) in [5.74, 6) is 0.369. The van der Waals surface area contributed by atoms with Gasteiger partial charge in [-0.05, 0) is 49.1 Å². The number of sulfonamides is 1. The van der Waals surface area contributed by atoms with Crippen LogP contribution in [0.15, 0.2) is 58.3 Å². The molecule has 0 bridgehead atoms. The number of pyridine rings is 1. The van der Waals surface area contributed by atoms with Crippen LogP contribution >= 0.6 is 0 Å². The lowest BCUT2D eigenvalue weighted by Crippen LogP contribution is -2.41. The number of aliphatic hydroxyl groups excluding tert-OH is 1. The van der Waals surface area contributed by atoms with Crippen molar-refractivity contribution in [3.8, 4) is 11.5 Å². The Morgan fingerprint density at radius 3 is 2.69 bits per heavy atom. The van der Waals surface area contributed by atoms with Gasteiger partial charge in [0.15, 0.2) is 5.76 Å². The summed E-state index contributed by atoms with van der Waals surface area (Å²) >= 11 is 0. The second-order valence-electron chi connectivity index (χ2n) is 6.33. The van der Waals surface area contributed by atoms with Crippen molar-refractivity contribution >= 4 is 10.0 Å². The highest BCUT2D eigenvalue weighted by Crippen LogP contribution is 2.38. The third-order valence-corrected chi connectivity index (χ3v) is 5.84. The Balaban J connectivity index is 1.60. The van der Waals surface area contributed by atoms with Crippen LogP contribution in [0.25, 0.3) is 11.5 Å². The standard InChI is InChI=1S/C17H18N4O4S/c22-12-9-11(10-12)17(14-3-1-2-7-18-14)21-26(23,24)16-5-4-15(25-16)13-6-8-19-20-13/h1-8,11-12,17,21-22H,9-10H2,(H,19,20)/t11?,12?,17-/m0/s1. The summed E-state index contributed by atoms with van der Waals surface area (Å²) in [4.78, 5) is 4.28. The van der Waals surface area contributed by atoms with Gasteiger partial charge in [0.1, 0.15) is 5.69 Å². The first-order valence-electron chi connectivity index (χ1n) is 8.24. The molecular formula is C17H18N4O4S. The first kappa shape index (κ1) is 17.0. The van der Waals surface area contributed by atoms with E-state index in [2.05, 4.69) is 19.9 Å². The van der Waals surface area contributed by atoms with Crippen molar-refractivity contribution in [3.05, 3.63) is 54.5 Å². The number of furan rings is 1. The van der Waals surface area contributed by atoms with E-state index < -0.39 is 22.2 Å². The second kappa shape index (κ2) is 6.67. The number of H-pyrrole nitrogens is 1. The SMILES string of the molecule is O=S(=O)(N[C@H](c1ccccn1)C1CC(O)C1)c1ccc(-c2ccn[nH]2)o1. The van der Waals surface area contributed by atoms with E-state index >= 15 is 0 Å². The lowest BCUT2D eigenvalue weighted by atomic mass is 9.76. The molecule has 1 aliphatic rings. The number of nitrogens with zero attached hydrogens (tertiary/aromatic N) is 2. The summed E-state index contributed by atoms with van der Waals surface area (Å²) in [5, 5.41) is 16.0. The molecule has 26 heavy (non-hydrogen) atoms. The Morgan fingerprint density at radius 2 is 2.04 bits per heavy atom. The van der Waals surface area contributed by atoms with E-state index in [1.807, 2.05) is 6.07 Å². The van der Waals surface area contributed by atoms with E-state index in [1.165, 1.54) is 6.07 Å². The maximum Gasteiger partial charge on any atom is 0.274 e. The number of aromatic amines is 1. The largest absolute Gasteiger partial charge is 0.442 e. The lowest BCUT2D eigenvalue weighted by molar-refractivity contribution is 0.0273. The minimum absolute atomic E-state index is 0.0169. The van der Waals surface area contributed by atoms with Gasteiger partial charge in [0.25, 0.3) is 10.0 Å². The molecule has 3 aromatic heterocycles. The molecule has 0 saturated heterocycles. The van der Waals surface area contributed by atoms with Crippen LogP contribution in [0.1, 0.15) is 24.6 Å². The summed E-state index contributed by atoms with van der Waals surface area (Å²) < 4.78 is 33.8. The van der Waals surface area contributed by atoms with Gasteiger partial charge >= 0.3 is 0 Å². The molecule has 1 saturated carbocycles. The van der Waals surface area contributed by atoms with E-state index in [-0.39, 0.29) is 11.0 Å². The Bertz CT molecular complexity index is 963. The van der Waals surface area contributed by atoms with Crippen molar-refractivity contribution < 1.29 is 17.9 Å². The molecule has 0 radical (unpaired) electrons. The average Bonchev–Trinajstić information content (AvgIpc) is 3.29. The predicted octanol–water partition coefficient (Wildman–Crippen LogP) is 1.86. The number of nitrogens with one attached hydrogen (secondary N) is 2. The van der Waals surface area contributed by atoms with Crippen molar-refractivity contribution in [2.75, 3.05) is 0 Å². The van der Waals surface area contributed by atoms with Crippen molar-refractivity contribution in [1.82, 2.24) is 19.9 Å². The fraction of sp³-hybridized carbons (Fsp3) is 0.294. The zero-order chi connectivity index (χ0) is 18.1. The van der Waals surface area contributed by atoms with Crippen LogP contribution in [-0.4, -0.2) is 34.8 Å². The van der Waals surface area contributed by atoms with Gasteiger partial charge in [-0.1, -0.05) is 6.07 Å². The number of hydrogen-bond donors (Lipinski definition) is 3. The smallest absolute Gasteiger partial charge is 0.274 e. The Morgan fingerprint density at radius 1 is 1.19 bits per heavy atom. The second-order valence-corrected chi connectivity index (χ2v) is 7.97.